The Hall–Kier alpha value is -0.650. The van der Waals surface area contributed by atoms with E-state index in [1.54, 1.807) is 0 Å². The number of nitrogens with one attached hydrogen (secondary N) is 1. The monoisotopic (exact) mass is 231 g/mol. The highest BCUT2D eigenvalue weighted by Crippen LogP contribution is 2.23. The molecule has 0 aliphatic heterocycles. The average molecular weight is 231 g/mol. The zero-order chi connectivity index (χ0) is 12.0. The van der Waals surface area contributed by atoms with Crippen molar-refractivity contribution in [1.29, 1.82) is 0 Å². The molecular weight excluding hydrogens is 210 g/mol. The number of hydrogen-bond donors (Lipinski definition) is 3. The topological polar surface area (TPSA) is 78.8 Å². The van der Waals surface area contributed by atoms with Gasteiger partial charge in [0.1, 0.15) is 6.04 Å². The van der Waals surface area contributed by atoms with Crippen LogP contribution in [-0.2, 0) is 9.53 Å². The minimum Gasteiger partial charge on any atom is -0.480 e. The number of carboxylic acid groups (broad SMARTS) is 1. The quantitative estimate of drug-likeness (QED) is 0.609. The normalized spacial score (nSPS) is 27.6. The maximum Gasteiger partial charge on any atom is 0.323 e. The van der Waals surface area contributed by atoms with Gasteiger partial charge < -0.3 is 20.3 Å². The van der Waals surface area contributed by atoms with E-state index in [1.807, 2.05) is 0 Å². The van der Waals surface area contributed by atoms with Crippen molar-refractivity contribution in [3.8, 4) is 0 Å². The summed E-state index contributed by atoms with van der Waals surface area (Å²) in [4.78, 5) is 10.8. The molecule has 0 spiro atoms. The Morgan fingerprint density at radius 1 is 1.44 bits per heavy atom. The van der Waals surface area contributed by atoms with Crippen LogP contribution in [0.4, 0.5) is 0 Å². The van der Waals surface area contributed by atoms with E-state index in [0.717, 1.165) is 25.7 Å². The van der Waals surface area contributed by atoms with E-state index in [0.29, 0.717) is 12.5 Å². The summed E-state index contributed by atoms with van der Waals surface area (Å²) in [6.45, 7) is 0.873. The summed E-state index contributed by atoms with van der Waals surface area (Å²) in [5, 5.41) is 21.2. The molecule has 0 aromatic carbocycles. The highest BCUT2D eigenvalue weighted by atomic mass is 16.5. The summed E-state index contributed by atoms with van der Waals surface area (Å²) >= 11 is 0. The van der Waals surface area contributed by atoms with Crippen LogP contribution in [0.1, 0.15) is 25.7 Å². The Morgan fingerprint density at radius 3 is 2.56 bits per heavy atom. The Labute approximate surface area is 95.8 Å². The Balaban J connectivity index is 2.23. The lowest BCUT2D eigenvalue weighted by Gasteiger charge is -2.26. The predicted octanol–water partition coefficient (Wildman–Crippen LogP) is 0.227. The summed E-state index contributed by atoms with van der Waals surface area (Å²) in [5.74, 6) is -0.403. The fourth-order valence-corrected chi connectivity index (χ4v) is 2.04. The minimum atomic E-state index is -0.877. The number of aliphatic hydroxyl groups excluding tert-OH is 1. The SMILES string of the molecule is COCC(NCC1CCC(O)CC1)C(=O)O. The van der Waals surface area contributed by atoms with E-state index in [4.69, 9.17) is 9.84 Å². The summed E-state index contributed by atoms with van der Waals surface area (Å²) in [6.07, 6.45) is 3.43. The van der Waals surface area contributed by atoms with Crippen molar-refractivity contribution < 1.29 is 19.7 Å². The average Bonchev–Trinajstić information content (AvgIpc) is 2.26. The molecule has 1 fully saturated rings. The molecule has 0 bridgehead atoms. The molecule has 0 amide bonds. The van der Waals surface area contributed by atoms with E-state index >= 15 is 0 Å². The number of rotatable bonds is 6. The van der Waals surface area contributed by atoms with Crippen molar-refractivity contribution >= 4 is 5.97 Å². The maximum absolute atomic E-state index is 10.8. The number of carboxylic acids is 1. The van der Waals surface area contributed by atoms with Gasteiger partial charge in [-0.05, 0) is 38.1 Å². The van der Waals surface area contributed by atoms with Crippen molar-refractivity contribution in [3.05, 3.63) is 0 Å². The van der Waals surface area contributed by atoms with Gasteiger partial charge in [0.15, 0.2) is 0 Å². The van der Waals surface area contributed by atoms with Crippen LogP contribution in [0.5, 0.6) is 0 Å². The van der Waals surface area contributed by atoms with Crippen LogP contribution in [-0.4, -0.2) is 48.6 Å². The van der Waals surface area contributed by atoms with Gasteiger partial charge in [0.25, 0.3) is 0 Å². The van der Waals surface area contributed by atoms with Crippen LogP contribution in [0.15, 0.2) is 0 Å². The van der Waals surface area contributed by atoms with Gasteiger partial charge in [-0.2, -0.15) is 0 Å². The molecule has 1 atom stereocenters. The lowest BCUT2D eigenvalue weighted by Crippen LogP contribution is -2.43. The summed E-state index contributed by atoms with van der Waals surface area (Å²) in [6, 6.07) is -0.628. The van der Waals surface area contributed by atoms with Crippen molar-refractivity contribution in [3.63, 3.8) is 0 Å². The third-order valence-electron chi connectivity index (χ3n) is 3.10. The molecule has 16 heavy (non-hydrogen) atoms. The lowest BCUT2D eigenvalue weighted by atomic mass is 9.87. The number of hydrogen-bond acceptors (Lipinski definition) is 4. The number of aliphatic hydroxyl groups is 1. The molecule has 1 aliphatic carbocycles. The van der Waals surface area contributed by atoms with Gasteiger partial charge in [-0.25, -0.2) is 0 Å². The third kappa shape index (κ3) is 4.47. The number of ether oxygens (including phenoxy) is 1. The van der Waals surface area contributed by atoms with Crippen molar-refractivity contribution in [2.75, 3.05) is 20.3 Å². The molecule has 5 nitrogen and oxygen atoms in total. The largest absolute Gasteiger partial charge is 0.480 e. The van der Waals surface area contributed by atoms with Crippen LogP contribution < -0.4 is 5.32 Å². The van der Waals surface area contributed by atoms with Crippen molar-refractivity contribution in [1.82, 2.24) is 5.32 Å². The summed E-state index contributed by atoms with van der Waals surface area (Å²) in [7, 11) is 1.49. The first-order valence-corrected chi connectivity index (χ1v) is 5.76. The van der Waals surface area contributed by atoms with E-state index in [9.17, 15) is 9.90 Å². The molecule has 1 unspecified atom stereocenters. The second-order valence-electron chi connectivity index (χ2n) is 4.43. The fourth-order valence-electron chi connectivity index (χ4n) is 2.04. The van der Waals surface area contributed by atoms with Gasteiger partial charge >= 0.3 is 5.97 Å². The molecule has 3 N–H and O–H groups in total. The number of methoxy groups -OCH3 is 1. The standard InChI is InChI=1S/C11H21NO4/c1-16-7-10(11(14)15)12-6-8-2-4-9(13)5-3-8/h8-10,12-13H,2-7H2,1H3,(H,14,15). The van der Waals surface area contributed by atoms with Crippen LogP contribution >= 0.6 is 0 Å². The van der Waals surface area contributed by atoms with Gasteiger partial charge in [0, 0.05) is 7.11 Å². The fraction of sp³-hybridized carbons (Fsp3) is 0.909. The predicted molar refractivity (Wildman–Crippen MR) is 59.3 cm³/mol. The Kier molecular flexibility index (Phi) is 5.73. The van der Waals surface area contributed by atoms with Crippen LogP contribution in [0.2, 0.25) is 0 Å². The van der Waals surface area contributed by atoms with Crippen LogP contribution in [0.3, 0.4) is 0 Å². The smallest absolute Gasteiger partial charge is 0.323 e. The molecule has 1 saturated carbocycles. The number of carbonyl (C=O) groups is 1. The van der Waals surface area contributed by atoms with Crippen molar-refractivity contribution in [2.45, 2.75) is 37.8 Å². The van der Waals surface area contributed by atoms with Crippen molar-refractivity contribution in [2.24, 2.45) is 5.92 Å². The second kappa shape index (κ2) is 6.83. The van der Waals surface area contributed by atoms with Gasteiger partial charge in [0.05, 0.1) is 12.7 Å². The minimum absolute atomic E-state index is 0.162. The first-order valence-electron chi connectivity index (χ1n) is 5.76. The molecule has 5 heteroatoms. The van der Waals surface area contributed by atoms with Gasteiger partial charge in [-0.3, -0.25) is 4.79 Å². The number of aliphatic carboxylic acids is 1. The highest BCUT2D eigenvalue weighted by molar-refractivity contribution is 5.73. The van der Waals surface area contributed by atoms with E-state index in [2.05, 4.69) is 5.32 Å². The molecule has 1 rings (SSSR count). The van der Waals surface area contributed by atoms with Crippen LogP contribution in [0.25, 0.3) is 0 Å². The van der Waals surface area contributed by atoms with Gasteiger partial charge in [-0.15, -0.1) is 0 Å². The summed E-state index contributed by atoms with van der Waals surface area (Å²) < 4.78 is 4.84. The zero-order valence-electron chi connectivity index (χ0n) is 9.69. The first-order chi connectivity index (χ1) is 7.63. The maximum atomic E-state index is 10.8. The van der Waals surface area contributed by atoms with E-state index in [1.165, 1.54) is 7.11 Å². The van der Waals surface area contributed by atoms with E-state index in [-0.39, 0.29) is 12.7 Å². The molecule has 0 aromatic rings. The summed E-state index contributed by atoms with van der Waals surface area (Å²) in [5.41, 5.74) is 0. The molecule has 0 radical (unpaired) electrons. The Morgan fingerprint density at radius 2 is 2.06 bits per heavy atom. The Bertz CT molecular complexity index is 214. The van der Waals surface area contributed by atoms with Crippen LogP contribution in [0, 0.1) is 5.92 Å². The zero-order valence-corrected chi connectivity index (χ0v) is 9.69. The third-order valence-corrected chi connectivity index (χ3v) is 3.10. The highest BCUT2D eigenvalue weighted by Gasteiger charge is 2.22. The van der Waals surface area contributed by atoms with Gasteiger partial charge in [0.2, 0.25) is 0 Å². The molecule has 0 saturated heterocycles. The van der Waals surface area contributed by atoms with Gasteiger partial charge in [-0.1, -0.05) is 0 Å². The molecule has 1 aliphatic rings. The lowest BCUT2D eigenvalue weighted by molar-refractivity contribution is -0.140. The molecule has 94 valence electrons. The second-order valence-corrected chi connectivity index (χ2v) is 4.43. The molecule has 0 aromatic heterocycles. The first kappa shape index (κ1) is 13.4. The molecule has 0 heterocycles. The molecular formula is C11H21NO4. The van der Waals surface area contributed by atoms with E-state index < -0.39 is 12.0 Å².